The van der Waals surface area contributed by atoms with E-state index in [-0.39, 0.29) is 0 Å². The highest BCUT2D eigenvalue weighted by Crippen LogP contribution is 2.15. The summed E-state index contributed by atoms with van der Waals surface area (Å²) in [4.78, 5) is 2.38. The average molecular weight is 248 g/mol. The highest BCUT2D eigenvalue weighted by atomic mass is 15.1. The van der Waals surface area contributed by atoms with Crippen LogP contribution in [-0.4, -0.2) is 25.0 Å². The third-order valence-electron chi connectivity index (χ3n) is 3.38. The van der Waals surface area contributed by atoms with E-state index in [0.717, 1.165) is 26.1 Å². The zero-order chi connectivity index (χ0) is 13.5. The Balaban J connectivity index is 2.46. The van der Waals surface area contributed by atoms with Gasteiger partial charge in [-0.3, -0.25) is 0 Å². The molecule has 0 aromatic heterocycles. The molecule has 0 fully saturated rings. The van der Waals surface area contributed by atoms with Gasteiger partial charge in [0.15, 0.2) is 0 Å². The van der Waals surface area contributed by atoms with Gasteiger partial charge in [0.1, 0.15) is 0 Å². The lowest BCUT2D eigenvalue weighted by molar-refractivity contribution is 0.273. The van der Waals surface area contributed by atoms with E-state index < -0.39 is 0 Å². The first-order valence-corrected chi connectivity index (χ1v) is 7.00. The van der Waals surface area contributed by atoms with Crippen molar-refractivity contribution < 1.29 is 0 Å². The van der Waals surface area contributed by atoms with E-state index in [0.29, 0.717) is 11.8 Å². The van der Waals surface area contributed by atoms with Gasteiger partial charge < -0.3 is 10.6 Å². The summed E-state index contributed by atoms with van der Waals surface area (Å²) in [6.45, 7) is 9.66. The first-order chi connectivity index (χ1) is 8.52. The standard InChI is InChI=1S/C16H28N2/c1-13(2)16-7-5-15(6-8-16)12-18(4)11-14(3)9-10-17/h5-8,13-14H,9-12,17H2,1-4H3. The predicted molar refractivity (Wildman–Crippen MR) is 79.7 cm³/mol. The van der Waals surface area contributed by atoms with Crippen LogP contribution in [0.1, 0.15) is 44.2 Å². The van der Waals surface area contributed by atoms with Gasteiger partial charge in [0.25, 0.3) is 0 Å². The van der Waals surface area contributed by atoms with Crippen molar-refractivity contribution >= 4 is 0 Å². The molecule has 0 amide bonds. The SMILES string of the molecule is CC(CCN)CN(C)Cc1ccc(C(C)C)cc1. The van der Waals surface area contributed by atoms with Crippen LogP contribution in [0.4, 0.5) is 0 Å². The Bertz CT molecular complexity index is 329. The lowest BCUT2D eigenvalue weighted by Gasteiger charge is -2.21. The average Bonchev–Trinajstić information content (AvgIpc) is 2.29. The van der Waals surface area contributed by atoms with E-state index in [1.54, 1.807) is 0 Å². The van der Waals surface area contributed by atoms with Crippen LogP contribution in [0.5, 0.6) is 0 Å². The molecule has 2 heteroatoms. The van der Waals surface area contributed by atoms with Crippen LogP contribution >= 0.6 is 0 Å². The molecule has 0 spiro atoms. The Morgan fingerprint density at radius 2 is 1.72 bits per heavy atom. The van der Waals surface area contributed by atoms with E-state index in [2.05, 4.69) is 57.0 Å². The maximum atomic E-state index is 5.58. The fourth-order valence-corrected chi connectivity index (χ4v) is 2.29. The fourth-order valence-electron chi connectivity index (χ4n) is 2.29. The summed E-state index contributed by atoms with van der Waals surface area (Å²) in [6.07, 6.45) is 1.11. The molecule has 1 unspecified atom stereocenters. The van der Waals surface area contributed by atoms with E-state index in [1.807, 2.05) is 0 Å². The summed E-state index contributed by atoms with van der Waals surface area (Å²) >= 11 is 0. The largest absolute Gasteiger partial charge is 0.330 e. The van der Waals surface area contributed by atoms with Crippen molar-refractivity contribution in [1.29, 1.82) is 0 Å². The molecule has 0 saturated heterocycles. The first kappa shape index (κ1) is 15.2. The van der Waals surface area contributed by atoms with Crippen LogP contribution in [0.3, 0.4) is 0 Å². The Morgan fingerprint density at radius 3 is 2.22 bits per heavy atom. The van der Waals surface area contributed by atoms with E-state index >= 15 is 0 Å². The molecule has 0 heterocycles. The zero-order valence-electron chi connectivity index (χ0n) is 12.3. The fraction of sp³-hybridized carbons (Fsp3) is 0.625. The molecule has 1 rings (SSSR count). The number of rotatable bonds is 7. The van der Waals surface area contributed by atoms with E-state index in [9.17, 15) is 0 Å². The van der Waals surface area contributed by atoms with Crippen molar-refractivity contribution in [2.75, 3.05) is 20.1 Å². The van der Waals surface area contributed by atoms with Crippen LogP contribution in [0.25, 0.3) is 0 Å². The van der Waals surface area contributed by atoms with Crippen LogP contribution < -0.4 is 5.73 Å². The lowest BCUT2D eigenvalue weighted by Crippen LogP contribution is -2.25. The second kappa shape index (κ2) is 7.55. The first-order valence-electron chi connectivity index (χ1n) is 7.00. The molecule has 2 nitrogen and oxygen atoms in total. The highest BCUT2D eigenvalue weighted by molar-refractivity contribution is 5.24. The van der Waals surface area contributed by atoms with Crippen LogP contribution in [0.2, 0.25) is 0 Å². The molecule has 2 N–H and O–H groups in total. The molecule has 1 aromatic rings. The maximum absolute atomic E-state index is 5.58. The molecule has 102 valence electrons. The van der Waals surface area contributed by atoms with Gasteiger partial charge in [-0.2, -0.15) is 0 Å². The van der Waals surface area contributed by atoms with E-state index in [4.69, 9.17) is 5.73 Å². The number of benzene rings is 1. The summed E-state index contributed by atoms with van der Waals surface area (Å²) in [5, 5.41) is 0. The number of hydrogen-bond donors (Lipinski definition) is 1. The molecule has 0 aliphatic carbocycles. The highest BCUT2D eigenvalue weighted by Gasteiger charge is 2.06. The van der Waals surface area contributed by atoms with Gasteiger partial charge in [-0.15, -0.1) is 0 Å². The minimum atomic E-state index is 0.612. The third-order valence-corrected chi connectivity index (χ3v) is 3.38. The topological polar surface area (TPSA) is 29.3 Å². The molecule has 0 saturated carbocycles. The van der Waals surface area contributed by atoms with Crippen molar-refractivity contribution in [3.05, 3.63) is 35.4 Å². The molecule has 1 aromatic carbocycles. The molecule has 0 aliphatic heterocycles. The normalized spacial score (nSPS) is 13.3. The quantitative estimate of drug-likeness (QED) is 0.802. The second-order valence-corrected chi connectivity index (χ2v) is 5.78. The van der Waals surface area contributed by atoms with Gasteiger partial charge in [-0.1, -0.05) is 45.0 Å². The Hall–Kier alpha value is -0.860. The number of nitrogens with zero attached hydrogens (tertiary/aromatic N) is 1. The summed E-state index contributed by atoms with van der Waals surface area (Å²) in [7, 11) is 2.18. The summed E-state index contributed by atoms with van der Waals surface area (Å²) in [5.41, 5.74) is 8.39. The van der Waals surface area contributed by atoms with E-state index in [1.165, 1.54) is 11.1 Å². The summed E-state index contributed by atoms with van der Waals surface area (Å²) < 4.78 is 0. The van der Waals surface area contributed by atoms with Crippen molar-refractivity contribution in [3.8, 4) is 0 Å². The predicted octanol–water partition coefficient (Wildman–Crippen LogP) is 3.23. The van der Waals surface area contributed by atoms with Gasteiger partial charge in [0.2, 0.25) is 0 Å². The van der Waals surface area contributed by atoms with Gasteiger partial charge >= 0.3 is 0 Å². The maximum Gasteiger partial charge on any atom is 0.0230 e. The molecule has 1 atom stereocenters. The molecular formula is C16H28N2. The van der Waals surface area contributed by atoms with Crippen molar-refractivity contribution in [3.63, 3.8) is 0 Å². The van der Waals surface area contributed by atoms with Crippen LogP contribution in [-0.2, 0) is 6.54 Å². The number of hydrogen-bond acceptors (Lipinski definition) is 2. The van der Waals surface area contributed by atoms with Gasteiger partial charge in [0.05, 0.1) is 0 Å². The molecule has 0 radical (unpaired) electrons. The minimum Gasteiger partial charge on any atom is -0.330 e. The van der Waals surface area contributed by atoms with Crippen molar-refractivity contribution in [1.82, 2.24) is 4.90 Å². The second-order valence-electron chi connectivity index (χ2n) is 5.78. The lowest BCUT2D eigenvalue weighted by atomic mass is 10.0. The minimum absolute atomic E-state index is 0.612. The van der Waals surface area contributed by atoms with Crippen LogP contribution in [0.15, 0.2) is 24.3 Å². The van der Waals surface area contributed by atoms with Gasteiger partial charge in [-0.05, 0) is 43.0 Å². The third kappa shape index (κ3) is 5.19. The Morgan fingerprint density at radius 1 is 1.11 bits per heavy atom. The summed E-state index contributed by atoms with van der Waals surface area (Å²) in [5.74, 6) is 1.29. The van der Waals surface area contributed by atoms with Gasteiger partial charge in [0, 0.05) is 13.1 Å². The summed E-state index contributed by atoms with van der Waals surface area (Å²) in [6, 6.07) is 8.99. The van der Waals surface area contributed by atoms with Crippen molar-refractivity contribution in [2.45, 2.75) is 39.7 Å². The number of nitrogens with two attached hydrogens (primary N) is 1. The molecule has 18 heavy (non-hydrogen) atoms. The van der Waals surface area contributed by atoms with Crippen molar-refractivity contribution in [2.24, 2.45) is 11.7 Å². The van der Waals surface area contributed by atoms with Gasteiger partial charge in [-0.25, -0.2) is 0 Å². The monoisotopic (exact) mass is 248 g/mol. The molecular weight excluding hydrogens is 220 g/mol. The van der Waals surface area contributed by atoms with Crippen LogP contribution in [0, 0.1) is 5.92 Å². The zero-order valence-corrected chi connectivity index (χ0v) is 12.3. The molecule has 0 aliphatic rings. The Labute approximate surface area is 112 Å². The smallest absolute Gasteiger partial charge is 0.0230 e. The molecule has 0 bridgehead atoms. The Kier molecular flexibility index (Phi) is 6.37.